The van der Waals surface area contributed by atoms with Gasteiger partial charge in [0.05, 0.1) is 30.3 Å². The van der Waals surface area contributed by atoms with E-state index in [0.717, 1.165) is 36.4 Å². The van der Waals surface area contributed by atoms with Crippen LogP contribution in [0.2, 0.25) is 0 Å². The summed E-state index contributed by atoms with van der Waals surface area (Å²) in [6.07, 6.45) is -14.1. The second-order valence-corrected chi connectivity index (χ2v) is 15.1. The number of hydrogen-bond donors (Lipinski definition) is 2. The predicted octanol–water partition coefficient (Wildman–Crippen LogP) is 12.1. The molecule has 0 fully saturated rings. The lowest BCUT2D eigenvalue weighted by molar-refractivity contribution is -0.186. The maximum atomic E-state index is 15.0. The van der Waals surface area contributed by atoms with Crippen LogP contribution < -0.4 is 30.4 Å². The molecule has 0 aliphatic heterocycles. The van der Waals surface area contributed by atoms with Gasteiger partial charge in [-0.2, -0.15) is 43.9 Å². The summed E-state index contributed by atoms with van der Waals surface area (Å²) < 4.78 is 165. The highest BCUT2D eigenvalue weighted by atomic mass is 19.4. The van der Waals surface area contributed by atoms with Gasteiger partial charge in [0.25, 0.3) is 0 Å². The Hall–Kier alpha value is -7.38. The van der Waals surface area contributed by atoms with Crippen molar-refractivity contribution in [1.82, 2.24) is 0 Å². The molecule has 0 saturated carbocycles. The van der Waals surface area contributed by atoms with Gasteiger partial charge >= 0.3 is 36.5 Å². The largest absolute Gasteiger partial charge is 0.494 e. The molecule has 4 N–H and O–H groups in total. The van der Waals surface area contributed by atoms with E-state index < -0.39 is 66.4 Å². The molecular weight excluding hydrogens is 935 g/mol. The summed E-state index contributed by atoms with van der Waals surface area (Å²) in [5, 5.41) is 0. The number of halogens is 10. The van der Waals surface area contributed by atoms with Crippen LogP contribution >= 0.6 is 0 Å². The summed E-state index contributed by atoms with van der Waals surface area (Å²) in [7, 11) is 0. The van der Waals surface area contributed by atoms with Crippen molar-refractivity contribution in [2.24, 2.45) is 0 Å². The minimum Gasteiger partial charge on any atom is -0.494 e. The van der Waals surface area contributed by atoms with Crippen molar-refractivity contribution in [2.45, 2.75) is 56.2 Å². The fourth-order valence-electron chi connectivity index (χ4n) is 6.11. The highest BCUT2D eigenvalue weighted by Crippen LogP contribution is 2.35. The van der Waals surface area contributed by atoms with E-state index in [1.807, 2.05) is 0 Å². The fraction of sp³-hybridized carbons (Fsp3) is 0.265. The summed E-state index contributed by atoms with van der Waals surface area (Å²) in [6.45, 7) is -1.09. The first-order valence-corrected chi connectivity index (χ1v) is 20.8. The van der Waals surface area contributed by atoms with Crippen LogP contribution in [0.4, 0.5) is 55.3 Å². The Balaban J connectivity index is 1.10. The molecule has 0 aliphatic rings. The van der Waals surface area contributed by atoms with Gasteiger partial charge < -0.3 is 39.9 Å². The van der Waals surface area contributed by atoms with Crippen molar-refractivity contribution in [3.8, 4) is 23.0 Å². The van der Waals surface area contributed by atoms with Crippen molar-refractivity contribution in [1.29, 1.82) is 0 Å². The van der Waals surface area contributed by atoms with Gasteiger partial charge in [-0.25, -0.2) is 9.59 Å². The third-order valence-electron chi connectivity index (χ3n) is 9.61. The van der Waals surface area contributed by atoms with Crippen molar-refractivity contribution >= 4 is 35.5 Å². The standard InChI is InChI=1S/C49H44F10N2O8/c50-46(51,52)25-1-27-64-38-14-18-40(19-15-38)68-48(56,57)35-9-3-32(4-10-35)7-23-44(62)66-30-34(42-22-13-37(60)29-43(42)61)31-67-45(63)24-8-33-5-11-36(12-6-33)49(58,59)69-41-20-16-39(17-21-41)65-28-2-26-47(53,54)55/h3-24,29,34H,1-2,25-28,30-31,60-61H2/b23-7+,24-8+. The first kappa shape index (κ1) is 52.6. The van der Waals surface area contributed by atoms with E-state index in [1.54, 1.807) is 12.1 Å². The lowest BCUT2D eigenvalue weighted by Crippen LogP contribution is -2.21. The molecule has 0 atom stereocenters. The van der Waals surface area contributed by atoms with Crippen molar-refractivity contribution in [3.63, 3.8) is 0 Å². The number of nitrogen functional groups attached to an aromatic ring is 2. The molecule has 0 aromatic heterocycles. The molecule has 368 valence electrons. The highest BCUT2D eigenvalue weighted by molar-refractivity contribution is 5.87. The Morgan fingerprint density at radius 3 is 1.25 bits per heavy atom. The second-order valence-electron chi connectivity index (χ2n) is 15.1. The Morgan fingerprint density at radius 1 is 0.507 bits per heavy atom. The van der Waals surface area contributed by atoms with Gasteiger partial charge in [0.2, 0.25) is 0 Å². The van der Waals surface area contributed by atoms with Gasteiger partial charge in [-0.15, -0.1) is 0 Å². The molecule has 69 heavy (non-hydrogen) atoms. The summed E-state index contributed by atoms with van der Waals surface area (Å²) in [5.74, 6) is -2.58. The quantitative estimate of drug-likeness (QED) is 0.0214. The summed E-state index contributed by atoms with van der Waals surface area (Å²) in [5.41, 5.74) is 12.6. The van der Waals surface area contributed by atoms with Crippen molar-refractivity contribution in [2.75, 3.05) is 37.9 Å². The molecule has 5 rings (SSSR count). The average Bonchev–Trinajstić information content (AvgIpc) is 3.28. The van der Waals surface area contributed by atoms with Gasteiger partial charge in [0.1, 0.15) is 36.2 Å². The number of benzene rings is 5. The van der Waals surface area contributed by atoms with Gasteiger partial charge in [0, 0.05) is 36.4 Å². The van der Waals surface area contributed by atoms with Crippen LogP contribution in [0.3, 0.4) is 0 Å². The van der Waals surface area contributed by atoms with Crippen molar-refractivity contribution in [3.05, 3.63) is 155 Å². The number of esters is 2. The summed E-state index contributed by atoms with van der Waals surface area (Å²) >= 11 is 0. The van der Waals surface area contributed by atoms with E-state index in [2.05, 4.69) is 0 Å². The zero-order valence-electron chi connectivity index (χ0n) is 36.2. The maximum absolute atomic E-state index is 15.0. The van der Waals surface area contributed by atoms with Crippen LogP contribution in [0.1, 0.15) is 59.4 Å². The topological polar surface area (TPSA) is 142 Å². The van der Waals surface area contributed by atoms with E-state index in [1.165, 1.54) is 91.0 Å². The minimum absolute atomic E-state index is 0.176. The predicted molar refractivity (Wildman–Crippen MR) is 234 cm³/mol. The molecule has 0 saturated heterocycles. The Labute approximate surface area is 389 Å². The normalized spacial score (nSPS) is 12.3. The molecule has 5 aromatic carbocycles. The van der Waals surface area contributed by atoms with E-state index in [-0.39, 0.29) is 68.0 Å². The first-order valence-electron chi connectivity index (χ1n) is 20.8. The van der Waals surface area contributed by atoms with Gasteiger partial charge in [-0.05, 0) is 127 Å². The molecule has 0 amide bonds. The molecule has 10 nitrogen and oxygen atoms in total. The fourth-order valence-corrected chi connectivity index (χ4v) is 6.11. The van der Waals surface area contributed by atoms with E-state index in [4.69, 9.17) is 39.9 Å². The molecule has 20 heteroatoms. The van der Waals surface area contributed by atoms with E-state index in [0.29, 0.717) is 22.4 Å². The van der Waals surface area contributed by atoms with E-state index >= 15 is 0 Å². The average molecular weight is 979 g/mol. The zero-order chi connectivity index (χ0) is 50.2. The number of rotatable bonds is 23. The van der Waals surface area contributed by atoms with E-state index in [9.17, 15) is 53.5 Å². The minimum atomic E-state index is -4.32. The van der Waals surface area contributed by atoms with Crippen LogP contribution in [0.25, 0.3) is 12.2 Å². The molecule has 0 radical (unpaired) electrons. The third kappa shape index (κ3) is 18.0. The Bertz CT molecular complexity index is 2350. The molecular formula is C49H44F10N2O8. The van der Waals surface area contributed by atoms with Crippen molar-refractivity contribution < 1.29 is 81.9 Å². The summed E-state index contributed by atoms with van der Waals surface area (Å²) in [4.78, 5) is 25.5. The van der Waals surface area contributed by atoms with Crippen LogP contribution in [-0.4, -0.2) is 50.7 Å². The number of alkyl halides is 10. The molecule has 5 aromatic rings. The second kappa shape index (κ2) is 23.6. The zero-order valence-corrected chi connectivity index (χ0v) is 36.2. The number of anilines is 2. The monoisotopic (exact) mass is 978 g/mol. The van der Waals surface area contributed by atoms with Crippen LogP contribution in [0.15, 0.2) is 127 Å². The van der Waals surface area contributed by atoms with Gasteiger partial charge in [0.15, 0.2) is 0 Å². The lowest BCUT2D eigenvalue weighted by atomic mass is 9.98. The van der Waals surface area contributed by atoms with Crippen LogP contribution in [0.5, 0.6) is 23.0 Å². The van der Waals surface area contributed by atoms with Gasteiger partial charge in [-0.3, -0.25) is 0 Å². The third-order valence-corrected chi connectivity index (χ3v) is 9.61. The molecule has 0 aliphatic carbocycles. The smallest absolute Gasteiger partial charge is 0.426 e. The van der Waals surface area contributed by atoms with Gasteiger partial charge in [-0.1, -0.05) is 30.3 Å². The number of nitrogens with two attached hydrogens (primary N) is 2. The molecule has 0 spiro atoms. The van der Waals surface area contributed by atoms with Crippen LogP contribution in [-0.2, 0) is 31.3 Å². The maximum Gasteiger partial charge on any atom is 0.426 e. The number of hydrogen-bond acceptors (Lipinski definition) is 10. The number of carbonyl (C=O) groups excluding carboxylic acids is 2. The Kier molecular flexibility index (Phi) is 18.0. The molecule has 0 unspecified atom stereocenters. The Morgan fingerprint density at radius 2 is 0.884 bits per heavy atom. The lowest BCUT2D eigenvalue weighted by Gasteiger charge is -2.19. The SMILES string of the molecule is Nc1ccc(C(COC(=O)/C=C/c2ccc(C(F)(F)Oc3ccc(OCCCC(F)(F)F)cc3)cc2)COC(=O)/C=C/c2ccc(C(F)(F)Oc3ccc(OCCCC(F)(F)F)cc3)cc2)c(N)c1. The first-order chi connectivity index (χ1) is 32.5. The molecule has 0 bridgehead atoms. The number of carbonyl (C=O) groups is 2. The van der Waals surface area contributed by atoms with Crippen LogP contribution in [0, 0.1) is 0 Å². The molecule has 0 heterocycles. The number of ether oxygens (including phenoxy) is 6. The highest BCUT2D eigenvalue weighted by Gasteiger charge is 2.36. The summed E-state index contributed by atoms with van der Waals surface area (Å²) in [6, 6.07) is 24.0.